The van der Waals surface area contributed by atoms with Crippen LogP contribution in [0.15, 0.2) is 218 Å². The van der Waals surface area contributed by atoms with Crippen LogP contribution in [0.25, 0.3) is 22.3 Å². The minimum atomic E-state index is -0.180. The maximum absolute atomic E-state index is 2.31. The fourth-order valence-corrected chi connectivity index (χ4v) is 7.19. The third-order valence-electron chi connectivity index (χ3n) is 9.67. The fraction of sp³-hybridized carbons (Fsp3) is 0.213. The minimum Gasteiger partial charge on any atom is -0.0683 e. The van der Waals surface area contributed by atoms with Crippen molar-refractivity contribution in [1.29, 1.82) is 0 Å². The van der Waals surface area contributed by atoms with E-state index in [2.05, 4.69) is 173 Å². The summed E-state index contributed by atoms with van der Waals surface area (Å²) in [5.41, 5.74) is 16.2. The van der Waals surface area contributed by atoms with Gasteiger partial charge in [0.05, 0.1) is 5.41 Å². The Hall–Kier alpha value is -6.24. The van der Waals surface area contributed by atoms with Crippen LogP contribution >= 0.6 is 0 Å². The van der Waals surface area contributed by atoms with E-state index in [9.17, 15) is 0 Å². The first-order valence-corrected chi connectivity index (χ1v) is 22.5. The van der Waals surface area contributed by atoms with Crippen LogP contribution < -0.4 is 0 Å². The summed E-state index contributed by atoms with van der Waals surface area (Å²) in [6, 6.07) is 76.7. The van der Waals surface area contributed by atoms with Gasteiger partial charge in [0, 0.05) is 0 Å². The number of rotatable bonds is 0. The highest BCUT2D eigenvalue weighted by atomic mass is 14.5. The van der Waals surface area contributed by atoms with Crippen molar-refractivity contribution in [3.05, 3.63) is 263 Å². The predicted molar refractivity (Wildman–Crippen MR) is 273 cm³/mol. The second kappa shape index (κ2) is 29.1. The number of fused-ring (bicyclic) bond motifs is 10. The molecule has 0 amide bonds. The molecule has 10 rings (SSSR count). The third kappa shape index (κ3) is 13.9. The van der Waals surface area contributed by atoms with Gasteiger partial charge in [0.2, 0.25) is 0 Å². The Morgan fingerprint density at radius 3 is 0.492 bits per heavy atom. The molecule has 8 aromatic carbocycles. The van der Waals surface area contributed by atoms with Crippen LogP contribution in [0.2, 0.25) is 0 Å². The summed E-state index contributed by atoms with van der Waals surface area (Å²) < 4.78 is 0. The summed E-state index contributed by atoms with van der Waals surface area (Å²) in [7, 11) is 0. The minimum absolute atomic E-state index is 0.180. The largest absolute Gasteiger partial charge is 0.0725 e. The maximum Gasteiger partial charge on any atom is 0.0725 e. The lowest BCUT2D eigenvalue weighted by atomic mass is 9.70. The first-order valence-electron chi connectivity index (χ1n) is 22.5. The lowest BCUT2D eigenvalue weighted by molar-refractivity contribution is 0.794. The smallest absolute Gasteiger partial charge is 0.0683 e. The van der Waals surface area contributed by atoms with Crippen LogP contribution in [0.5, 0.6) is 0 Å². The molecule has 0 bridgehead atoms. The molecule has 316 valence electrons. The zero-order valence-corrected chi connectivity index (χ0v) is 39.3. The SMILES string of the molecule is CC.CC.CC.CC.Cc1ccccc1.Cc1ccccc1.Cc1ccccc1.Cc1ccccc1.c1ccc2c(c1)-c1ccccc1C21c2ccccc2-c2ccccc21. The second-order valence-corrected chi connectivity index (χ2v) is 13.6. The summed E-state index contributed by atoms with van der Waals surface area (Å²) in [5, 5.41) is 0. The Morgan fingerprint density at radius 2 is 0.344 bits per heavy atom. The van der Waals surface area contributed by atoms with Crippen LogP contribution in [0, 0.1) is 27.7 Å². The van der Waals surface area contributed by atoms with E-state index in [4.69, 9.17) is 0 Å². The molecule has 1 spiro atoms. The zero-order chi connectivity index (χ0) is 44.9. The predicted octanol–water partition coefficient (Wildman–Crippen LogP) is 18.1. The summed E-state index contributed by atoms with van der Waals surface area (Å²) in [5.74, 6) is 0. The Morgan fingerprint density at radius 1 is 0.197 bits per heavy atom. The van der Waals surface area contributed by atoms with Gasteiger partial charge in [0.1, 0.15) is 0 Å². The van der Waals surface area contributed by atoms with Crippen molar-refractivity contribution in [1.82, 2.24) is 0 Å². The van der Waals surface area contributed by atoms with Crippen molar-refractivity contribution < 1.29 is 0 Å². The monoisotopic (exact) mass is 805 g/mol. The van der Waals surface area contributed by atoms with Crippen LogP contribution in [0.3, 0.4) is 0 Å². The Balaban J connectivity index is 0.000000293. The maximum atomic E-state index is 2.31. The van der Waals surface area contributed by atoms with E-state index in [1.54, 1.807) is 0 Å². The lowest BCUT2D eigenvalue weighted by Crippen LogP contribution is -2.25. The van der Waals surface area contributed by atoms with Crippen molar-refractivity contribution in [3.63, 3.8) is 0 Å². The van der Waals surface area contributed by atoms with Crippen molar-refractivity contribution in [2.24, 2.45) is 0 Å². The van der Waals surface area contributed by atoms with Gasteiger partial charge in [0.15, 0.2) is 0 Å². The quantitative estimate of drug-likeness (QED) is 0.143. The van der Waals surface area contributed by atoms with E-state index >= 15 is 0 Å². The molecule has 0 saturated carbocycles. The Labute approximate surface area is 372 Å². The van der Waals surface area contributed by atoms with Gasteiger partial charge < -0.3 is 0 Å². The van der Waals surface area contributed by atoms with Crippen LogP contribution in [0.1, 0.15) is 99.9 Å². The molecule has 2 aliphatic rings. The van der Waals surface area contributed by atoms with Crippen LogP contribution in [-0.2, 0) is 5.41 Å². The molecule has 0 nitrogen and oxygen atoms in total. The van der Waals surface area contributed by atoms with Gasteiger partial charge in [-0.15, -0.1) is 0 Å². The Bertz CT molecular complexity index is 1970. The molecule has 0 heterocycles. The summed E-state index contributed by atoms with van der Waals surface area (Å²) in [4.78, 5) is 0. The summed E-state index contributed by atoms with van der Waals surface area (Å²) >= 11 is 0. The average Bonchev–Trinajstić information content (AvgIpc) is 3.81. The number of benzene rings is 8. The molecule has 0 aliphatic heterocycles. The molecular formula is C61H72. The molecule has 0 aromatic heterocycles. The molecule has 8 aromatic rings. The Kier molecular flexibility index (Phi) is 24.2. The first-order chi connectivity index (χ1) is 30.0. The zero-order valence-electron chi connectivity index (χ0n) is 39.3. The highest BCUT2D eigenvalue weighted by Gasteiger charge is 2.51. The van der Waals surface area contributed by atoms with Gasteiger partial charge in [-0.3, -0.25) is 0 Å². The molecule has 0 fully saturated rings. The molecule has 2 aliphatic carbocycles. The fourth-order valence-electron chi connectivity index (χ4n) is 7.19. The van der Waals surface area contributed by atoms with Gasteiger partial charge in [-0.1, -0.05) is 296 Å². The molecule has 0 atom stereocenters. The van der Waals surface area contributed by atoms with Gasteiger partial charge in [-0.05, 0) is 72.2 Å². The summed E-state index contributed by atoms with van der Waals surface area (Å²) in [6.45, 7) is 24.3. The van der Waals surface area contributed by atoms with Crippen molar-refractivity contribution >= 4 is 0 Å². The number of hydrogen-bond acceptors (Lipinski definition) is 0. The van der Waals surface area contributed by atoms with E-state index in [0.717, 1.165) is 0 Å². The third-order valence-corrected chi connectivity index (χ3v) is 9.67. The molecule has 0 saturated heterocycles. The van der Waals surface area contributed by atoms with Gasteiger partial charge in [-0.2, -0.15) is 0 Å². The molecular weight excluding hydrogens is 733 g/mol. The van der Waals surface area contributed by atoms with Gasteiger partial charge >= 0.3 is 0 Å². The molecule has 0 unspecified atom stereocenters. The van der Waals surface area contributed by atoms with Crippen LogP contribution in [-0.4, -0.2) is 0 Å². The summed E-state index contributed by atoms with van der Waals surface area (Å²) in [6.07, 6.45) is 0. The molecule has 0 N–H and O–H groups in total. The van der Waals surface area contributed by atoms with E-state index in [0.29, 0.717) is 0 Å². The van der Waals surface area contributed by atoms with Crippen molar-refractivity contribution in [2.75, 3.05) is 0 Å². The van der Waals surface area contributed by atoms with E-state index in [1.807, 2.05) is 128 Å². The van der Waals surface area contributed by atoms with E-state index < -0.39 is 0 Å². The van der Waals surface area contributed by atoms with Crippen molar-refractivity contribution in [2.45, 2.75) is 88.5 Å². The topological polar surface area (TPSA) is 0 Å². The molecule has 0 heteroatoms. The number of hydrogen-bond donors (Lipinski definition) is 0. The molecule has 0 radical (unpaired) electrons. The normalized spacial score (nSPS) is 10.4. The lowest BCUT2D eigenvalue weighted by Gasteiger charge is -2.30. The van der Waals surface area contributed by atoms with Gasteiger partial charge in [-0.25, -0.2) is 0 Å². The van der Waals surface area contributed by atoms with E-state index in [1.165, 1.54) is 66.8 Å². The highest BCUT2D eigenvalue weighted by molar-refractivity contribution is 5.94. The first kappa shape index (κ1) is 50.9. The average molecular weight is 805 g/mol. The standard InChI is InChI=1S/C25H16.4C7H8.4C2H6/c1-5-13-21-17(9-1)18-10-2-6-14-22(18)25(21)23-15-7-3-11-19(23)20-12-4-8-16-24(20)25;4*1-7-5-3-2-4-6-7;4*1-2/h1-16H;4*2-6H,1H3;4*1-2H3. The number of aryl methyl sites for hydroxylation is 4. The van der Waals surface area contributed by atoms with Gasteiger partial charge in [0.25, 0.3) is 0 Å². The van der Waals surface area contributed by atoms with Crippen LogP contribution in [0.4, 0.5) is 0 Å². The molecule has 61 heavy (non-hydrogen) atoms. The van der Waals surface area contributed by atoms with Crippen molar-refractivity contribution in [3.8, 4) is 22.3 Å². The van der Waals surface area contributed by atoms with E-state index in [-0.39, 0.29) is 5.41 Å². The second-order valence-electron chi connectivity index (χ2n) is 13.6. The highest BCUT2D eigenvalue weighted by Crippen LogP contribution is 2.62.